The van der Waals surface area contributed by atoms with E-state index in [1.807, 2.05) is 30.3 Å². The van der Waals surface area contributed by atoms with Gasteiger partial charge in [0.2, 0.25) is 0 Å². The van der Waals surface area contributed by atoms with Crippen molar-refractivity contribution in [2.75, 3.05) is 7.11 Å². The number of para-hydroxylation sites is 1. The standard InChI is InChI=1S/C10H9NO.C3H6O/c1-12-9-6-2-4-8-5-3-7-11-10(8)9;1-3(2)4/h2-7H,1H3;1-2H3. The summed E-state index contributed by atoms with van der Waals surface area (Å²) < 4.78 is 5.16. The van der Waals surface area contributed by atoms with Gasteiger partial charge in [-0.1, -0.05) is 18.2 Å². The van der Waals surface area contributed by atoms with Crippen LogP contribution in [-0.2, 0) is 4.79 Å². The molecular formula is C13H15NO2. The van der Waals surface area contributed by atoms with Crippen LogP contribution in [0, 0.1) is 0 Å². The summed E-state index contributed by atoms with van der Waals surface area (Å²) in [5.41, 5.74) is 0.919. The van der Waals surface area contributed by atoms with E-state index in [1.54, 1.807) is 13.3 Å². The van der Waals surface area contributed by atoms with E-state index >= 15 is 0 Å². The van der Waals surface area contributed by atoms with E-state index in [9.17, 15) is 4.79 Å². The monoisotopic (exact) mass is 217 g/mol. The zero-order valence-electron chi connectivity index (χ0n) is 9.73. The number of nitrogens with zero attached hydrogens (tertiary/aromatic N) is 1. The van der Waals surface area contributed by atoms with E-state index in [0.29, 0.717) is 0 Å². The van der Waals surface area contributed by atoms with Crippen molar-refractivity contribution in [3.8, 4) is 5.75 Å². The van der Waals surface area contributed by atoms with Gasteiger partial charge < -0.3 is 9.53 Å². The topological polar surface area (TPSA) is 39.2 Å². The molecule has 0 atom stereocenters. The SMILES string of the molecule is CC(C)=O.COc1cccc2cccnc12. The van der Waals surface area contributed by atoms with Gasteiger partial charge in [0.15, 0.2) is 0 Å². The molecule has 0 saturated heterocycles. The van der Waals surface area contributed by atoms with Gasteiger partial charge in [0.05, 0.1) is 7.11 Å². The molecule has 0 amide bonds. The number of rotatable bonds is 1. The van der Waals surface area contributed by atoms with Gasteiger partial charge in [-0.25, -0.2) is 0 Å². The summed E-state index contributed by atoms with van der Waals surface area (Å²) in [6, 6.07) is 9.83. The fourth-order valence-electron chi connectivity index (χ4n) is 1.24. The number of ether oxygens (including phenoxy) is 1. The maximum Gasteiger partial charge on any atom is 0.145 e. The molecule has 0 aliphatic rings. The van der Waals surface area contributed by atoms with Crippen molar-refractivity contribution in [1.29, 1.82) is 0 Å². The Labute approximate surface area is 95.1 Å². The molecule has 1 aromatic carbocycles. The Morgan fingerprint density at radius 2 is 1.81 bits per heavy atom. The van der Waals surface area contributed by atoms with Gasteiger partial charge in [-0.15, -0.1) is 0 Å². The molecule has 3 nitrogen and oxygen atoms in total. The highest BCUT2D eigenvalue weighted by atomic mass is 16.5. The number of fused-ring (bicyclic) bond motifs is 1. The molecule has 3 heteroatoms. The number of pyridine rings is 1. The van der Waals surface area contributed by atoms with E-state index in [2.05, 4.69) is 4.98 Å². The first-order valence-corrected chi connectivity index (χ1v) is 5.00. The number of methoxy groups -OCH3 is 1. The Balaban J connectivity index is 0.000000280. The highest BCUT2D eigenvalue weighted by molar-refractivity contribution is 5.84. The number of hydrogen-bond acceptors (Lipinski definition) is 3. The molecule has 84 valence electrons. The number of carbonyl (C=O) groups excluding carboxylic acids is 1. The second-order valence-corrected chi connectivity index (χ2v) is 3.44. The van der Waals surface area contributed by atoms with Crippen LogP contribution in [0.2, 0.25) is 0 Å². The van der Waals surface area contributed by atoms with Crippen LogP contribution in [0.4, 0.5) is 0 Å². The Hall–Kier alpha value is -1.90. The molecule has 16 heavy (non-hydrogen) atoms. The average molecular weight is 217 g/mol. The molecule has 0 aliphatic carbocycles. The van der Waals surface area contributed by atoms with Gasteiger partial charge in [-0.05, 0) is 26.0 Å². The molecule has 1 aromatic heterocycles. The van der Waals surface area contributed by atoms with Crippen molar-refractivity contribution in [2.45, 2.75) is 13.8 Å². The molecule has 1 heterocycles. The molecule has 0 saturated carbocycles. The highest BCUT2D eigenvalue weighted by Crippen LogP contribution is 2.21. The Bertz CT molecular complexity index is 471. The third-order valence-electron chi connectivity index (χ3n) is 1.82. The molecule has 0 N–H and O–H groups in total. The fraction of sp³-hybridized carbons (Fsp3) is 0.231. The first kappa shape index (κ1) is 12.2. The maximum atomic E-state index is 9.44. The minimum atomic E-state index is 0.167. The number of aromatic nitrogens is 1. The van der Waals surface area contributed by atoms with Gasteiger partial charge in [0.25, 0.3) is 0 Å². The second-order valence-electron chi connectivity index (χ2n) is 3.44. The van der Waals surface area contributed by atoms with Gasteiger partial charge in [-0.2, -0.15) is 0 Å². The quantitative estimate of drug-likeness (QED) is 0.737. The smallest absolute Gasteiger partial charge is 0.145 e. The van der Waals surface area contributed by atoms with Crippen LogP contribution < -0.4 is 4.74 Å². The molecule has 0 fully saturated rings. The van der Waals surface area contributed by atoms with E-state index in [4.69, 9.17) is 4.74 Å². The van der Waals surface area contributed by atoms with Crippen molar-refractivity contribution in [1.82, 2.24) is 4.98 Å². The van der Waals surface area contributed by atoms with E-state index in [0.717, 1.165) is 16.7 Å². The predicted octanol–water partition coefficient (Wildman–Crippen LogP) is 2.84. The van der Waals surface area contributed by atoms with Gasteiger partial charge >= 0.3 is 0 Å². The Kier molecular flexibility index (Phi) is 4.45. The Morgan fingerprint density at radius 1 is 1.19 bits per heavy atom. The molecule has 2 rings (SSSR count). The third-order valence-corrected chi connectivity index (χ3v) is 1.82. The maximum absolute atomic E-state index is 9.44. The fourth-order valence-corrected chi connectivity index (χ4v) is 1.24. The van der Waals surface area contributed by atoms with Crippen LogP contribution in [0.3, 0.4) is 0 Å². The molecule has 0 aliphatic heterocycles. The lowest BCUT2D eigenvalue weighted by Crippen LogP contribution is -1.85. The van der Waals surface area contributed by atoms with E-state index in [1.165, 1.54) is 13.8 Å². The van der Waals surface area contributed by atoms with Crippen LogP contribution in [0.15, 0.2) is 36.5 Å². The van der Waals surface area contributed by atoms with Crippen LogP contribution in [0.5, 0.6) is 5.75 Å². The van der Waals surface area contributed by atoms with Crippen LogP contribution in [0.1, 0.15) is 13.8 Å². The first-order valence-electron chi connectivity index (χ1n) is 5.00. The summed E-state index contributed by atoms with van der Waals surface area (Å²) in [6.45, 7) is 3.06. The lowest BCUT2D eigenvalue weighted by Gasteiger charge is -2.02. The summed E-state index contributed by atoms with van der Waals surface area (Å²) in [5, 5.41) is 1.11. The first-order chi connectivity index (χ1) is 7.65. The lowest BCUT2D eigenvalue weighted by atomic mass is 10.2. The van der Waals surface area contributed by atoms with E-state index in [-0.39, 0.29) is 5.78 Å². The summed E-state index contributed by atoms with van der Waals surface area (Å²) in [5.74, 6) is 0.994. The average Bonchev–Trinajstić information content (AvgIpc) is 2.27. The number of carbonyl (C=O) groups is 1. The van der Waals surface area contributed by atoms with Crippen LogP contribution in [-0.4, -0.2) is 17.9 Å². The zero-order chi connectivity index (χ0) is 12.0. The van der Waals surface area contributed by atoms with Crippen molar-refractivity contribution in [3.05, 3.63) is 36.5 Å². The number of hydrogen-bond donors (Lipinski definition) is 0. The normalized spacial score (nSPS) is 9.19. The minimum absolute atomic E-state index is 0.167. The van der Waals surface area contributed by atoms with Crippen LogP contribution >= 0.6 is 0 Å². The second kappa shape index (κ2) is 5.85. The number of benzene rings is 1. The summed E-state index contributed by atoms with van der Waals surface area (Å²) >= 11 is 0. The van der Waals surface area contributed by atoms with Crippen molar-refractivity contribution < 1.29 is 9.53 Å². The molecule has 0 spiro atoms. The van der Waals surface area contributed by atoms with Crippen molar-refractivity contribution >= 4 is 16.7 Å². The summed E-state index contributed by atoms with van der Waals surface area (Å²) in [7, 11) is 1.66. The van der Waals surface area contributed by atoms with Gasteiger partial charge in [-0.3, -0.25) is 4.98 Å². The largest absolute Gasteiger partial charge is 0.494 e. The summed E-state index contributed by atoms with van der Waals surface area (Å²) in [6.07, 6.45) is 1.77. The molecule has 0 unspecified atom stereocenters. The predicted molar refractivity (Wildman–Crippen MR) is 64.7 cm³/mol. The van der Waals surface area contributed by atoms with Crippen molar-refractivity contribution in [3.63, 3.8) is 0 Å². The number of Topliss-reactive ketones (excluding diaryl/α,β-unsaturated/α-hetero) is 1. The molecular weight excluding hydrogens is 202 g/mol. The number of ketones is 1. The zero-order valence-corrected chi connectivity index (χ0v) is 9.73. The lowest BCUT2D eigenvalue weighted by molar-refractivity contribution is -0.114. The summed E-state index contributed by atoms with van der Waals surface area (Å²) in [4.78, 5) is 13.7. The molecule has 0 radical (unpaired) electrons. The van der Waals surface area contributed by atoms with Gasteiger partial charge in [0, 0.05) is 11.6 Å². The van der Waals surface area contributed by atoms with Crippen LogP contribution in [0.25, 0.3) is 10.9 Å². The van der Waals surface area contributed by atoms with Gasteiger partial charge in [0.1, 0.15) is 17.0 Å². The van der Waals surface area contributed by atoms with Crippen molar-refractivity contribution in [2.24, 2.45) is 0 Å². The third kappa shape index (κ3) is 3.35. The van der Waals surface area contributed by atoms with E-state index < -0.39 is 0 Å². The highest BCUT2D eigenvalue weighted by Gasteiger charge is 1.98. The minimum Gasteiger partial charge on any atom is -0.494 e. The molecule has 0 bridgehead atoms. The Morgan fingerprint density at radius 3 is 2.44 bits per heavy atom. The molecule has 2 aromatic rings.